The van der Waals surface area contributed by atoms with Crippen LogP contribution >= 0.6 is 0 Å². The number of ketones is 2. The number of Topliss-reactive ketones (excluding diaryl/α,β-unsaturated/α-hetero) is 2. The van der Waals surface area contributed by atoms with Crippen molar-refractivity contribution >= 4 is 23.4 Å². The summed E-state index contributed by atoms with van der Waals surface area (Å²) in [6.45, 7) is 2.36. The number of aliphatic hydroxyl groups excluding tert-OH is 2. The van der Waals surface area contributed by atoms with Crippen LogP contribution in [-0.2, 0) is 86.8 Å². The van der Waals surface area contributed by atoms with E-state index >= 15 is 0 Å². The zero-order chi connectivity index (χ0) is 48.0. The molecule has 4 aliphatic rings. The fourth-order valence-corrected chi connectivity index (χ4v) is 7.06. The summed E-state index contributed by atoms with van der Waals surface area (Å²) in [5, 5.41) is 32.1. The summed E-state index contributed by atoms with van der Waals surface area (Å²) in [5.74, 6) is -0.907. The van der Waals surface area contributed by atoms with Crippen LogP contribution in [0.3, 0.4) is 0 Å². The maximum atomic E-state index is 13.2. The maximum absolute atomic E-state index is 13.2. The molecule has 2 amide bonds. The molecule has 2 atom stereocenters. The van der Waals surface area contributed by atoms with Gasteiger partial charge in [0.25, 0.3) is 11.8 Å². The number of allylic oxidation sites excluding steroid dienone is 8. The Bertz CT molecular complexity index is 1830. The van der Waals surface area contributed by atoms with E-state index in [1.54, 1.807) is 48.9 Å². The summed E-state index contributed by atoms with van der Waals surface area (Å²) in [6, 6.07) is 3.11. The second-order valence-electron chi connectivity index (χ2n) is 15.5. The summed E-state index contributed by atoms with van der Waals surface area (Å²) in [4.78, 5) is 51.6. The zero-order valence-corrected chi connectivity index (χ0v) is 39.8. The predicted molar refractivity (Wildman–Crippen MR) is 245 cm³/mol. The summed E-state index contributed by atoms with van der Waals surface area (Å²) in [6.07, 6.45) is 17.6. The van der Waals surface area contributed by atoms with Crippen LogP contribution in [0, 0.1) is 0 Å². The molecule has 0 unspecified atom stereocenters. The van der Waals surface area contributed by atoms with Gasteiger partial charge in [0.2, 0.25) is 11.6 Å². The summed E-state index contributed by atoms with van der Waals surface area (Å²) >= 11 is 0. The third kappa shape index (κ3) is 20.4. The molecule has 4 bridgehead atoms. The van der Waals surface area contributed by atoms with E-state index < -0.39 is 38.2 Å². The van der Waals surface area contributed by atoms with Gasteiger partial charge in [-0.3, -0.25) is 19.2 Å². The number of carbonyl (C=O) groups is 4. The van der Waals surface area contributed by atoms with E-state index in [0.29, 0.717) is 61.9 Å². The molecule has 0 saturated heterocycles. The van der Waals surface area contributed by atoms with Gasteiger partial charge >= 0.3 is 0 Å². The van der Waals surface area contributed by atoms with Gasteiger partial charge in [0.15, 0.2) is 36.2 Å². The van der Waals surface area contributed by atoms with E-state index in [2.05, 4.69) is 21.3 Å². The summed E-state index contributed by atoms with van der Waals surface area (Å²) in [5.41, 5.74) is 1.54. The third-order valence-electron chi connectivity index (χ3n) is 10.6. The Balaban J connectivity index is 0.0000104. The SMILES string of the molecule is O=C1COc2c(CO)ccc(CO)c2OCC(=O)NCCOCCOCCOCCOC2=CC=C/C(=C\N[C@H]3CCCC[C@@H]3N/C=C3/C=CC=C(OCCOCCOCCOCCN1)C3=O)C2=O.[Ni]. The van der Waals surface area contributed by atoms with Crippen molar-refractivity contribution in [3.63, 3.8) is 0 Å². The summed E-state index contributed by atoms with van der Waals surface area (Å²) in [7, 11) is 0. The number of aliphatic hydroxyl groups is 2. The van der Waals surface area contributed by atoms with Gasteiger partial charge in [0.05, 0.1) is 92.5 Å². The number of carbonyl (C=O) groups excluding carboxylic acids is 4. The second kappa shape index (κ2) is 33.4. The van der Waals surface area contributed by atoms with Crippen molar-refractivity contribution < 1.29 is 93.3 Å². The van der Waals surface area contributed by atoms with Crippen molar-refractivity contribution in [3.8, 4) is 11.5 Å². The fraction of sp³-hybridized carbons (Fsp3) is 0.542. The second-order valence-corrected chi connectivity index (χ2v) is 15.5. The van der Waals surface area contributed by atoms with Gasteiger partial charge in [-0.25, -0.2) is 0 Å². The molecule has 0 spiro atoms. The van der Waals surface area contributed by atoms with E-state index in [1.807, 2.05) is 0 Å². The van der Waals surface area contributed by atoms with Crippen LogP contribution < -0.4 is 30.7 Å². The van der Waals surface area contributed by atoms with Crippen LogP contribution in [0.5, 0.6) is 11.5 Å². The Hall–Kier alpha value is -5.09. The predicted octanol–water partition coefficient (Wildman–Crippen LogP) is 1.11. The Morgan fingerprint density at radius 1 is 0.493 bits per heavy atom. The number of nitrogens with one attached hydrogen (secondary N) is 4. The molecule has 384 valence electrons. The Morgan fingerprint density at radius 3 is 1.23 bits per heavy atom. The maximum Gasteiger partial charge on any atom is 0.258 e. The molecule has 1 fully saturated rings. The van der Waals surface area contributed by atoms with Gasteiger partial charge in [-0.15, -0.1) is 0 Å². The van der Waals surface area contributed by atoms with Crippen molar-refractivity contribution in [1.82, 2.24) is 21.3 Å². The zero-order valence-electron chi connectivity index (χ0n) is 38.8. The van der Waals surface area contributed by atoms with E-state index in [1.165, 1.54) is 12.1 Å². The minimum atomic E-state index is -0.468. The third-order valence-corrected chi connectivity index (χ3v) is 10.6. The van der Waals surface area contributed by atoms with Crippen molar-refractivity contribution in [2.45, 2.75) is 51.0 Å². The molecule has 1 heterocycles. The van der Waals surface area contributed by atoms with E-state index in [0.717, 1.165) is 25.7 Å². The first kappa shape index (κ1) is 56.5. The molecule has 69 heavy (non-hydrogen) atoms. The number of benzene rings is 1. The Labute approximate surface area is 412 Å². The van der Waals surface area contributed by atoms with E-state index in [4.69, 9.17) is 47.4 Å². The molecule has 5 rings (SSSR count). The van der Waals surface area contributed by atoms with Crippen LogP contribution in [0.2, 0.25) is 0 Å². The van der Waals surface area contributed by atoms with Gasteiger partial charge in [0.1, 0.15) is 13.2 Å². The molecule has 1 aromatic rings. The quantitative estimate of drug-likeness (QED) is 0.227. The topological polar surface area (TPSA) is 249 Å². The normalized spacial score (nSPS) is 24.1. The summed E-state index contributed by atoms with van der Waals surface area (Å²) < 4.78 is 56.3. The number of ether oxygens (including phenoxy) is 10. The number of fused-ring (bicyclic) bond motifs is 6. The molecule has 0 radical (unpaired) electrons. The van der Waals surface area contributed by atoms with Crippen molar-refractivity contribution in [2.24, 2.45) is 0 Å². The first-order valence-electron chi connectivity index (χ1n) is 23.0. The molecule has 1 aliphatic heterocycles. The monoisotopic (exact) mass is 1010 g/mol. The van der Waals surface area contributed by atoms with Gasteiger partial charge in [-0.1, -0.05) is 37.1 Å². The van der Waals surface area contributed by atoms with E-state index in [-0.39, 0.29) is 129 Å². The Kier molecular flexibility index (Phi) is 27.4. The van der Waals surface area contributed by atoms with Crippen molar-refractivity contribution in [3.05, 3.63) is 94.8 Å². The average Bonchev–Trinajstić information content (AvgIpc) is 3.35. The van der Waals surface area contributed by atoms with Gasteiger partial charge in [0, 0.05) is 76.3 Å². The van der Waals surface area contributed by atoms with Crippen LogP contribution in [0.4, 0.5) is 0 Å². The first-order chi connectivity index (χ1) is 33.4. The number of hydrogen-bond donors (Lipinski definition) is 6. The molecule has 1 aromatic carbocycles. The average molecular weight is 1010 g/mol. The van der Waals surface area contributed by atoms with Crippen molar-refractivity contribution in [2.75, 3.05) is 119 Å². The number of amides is 2. The molecule has 21 heteroatoms. The smallest absolute Gasteiger partial charge is 0.258 e. The molecular weight excluding hydrogens is 947 g/mol. The number of hydrogen-bond acceptors (Lipinski definition) is 18. The molecule has 20 nitrogen and oxygen atoms in total. The van der Waals surface area contributed by atoms with Crippen molar-refractivity contribution in [1.29, 1.82) is 0 Å². The molecule has 1 saturated carbocycles. The van der Waals surface area contributed by atoms with Crippen LogP contribution in [-0.4, -0.2) is 164 Å². The van der Waals surface area contributed by atoms with Gasteiger partial charge in [-0.05, 0) is 37.1 Å². The van der Waals surface area contributed by atoms with Gasteiger partial charge < -0.3 is 78.8 Å². The molecule has 6 N–H and O–H groups in total. The first-order valence-corrected chi connectivity index (χ1v) is 23.0. The molecule has 3 aliphatic carbocycles. The van der Waals surface area contributed by atoms with Gasteiger partial charge in [-0.2, -0.15) is 0 Å². The standard InChI is InChI=1S/C48H66N4O16.Ni/c53-31-37-11-12-38(32-54)48-47(37)67-33-43(55)49-13-15-59-17-19-61-21-23-63-25-27-65-41-9-3-5-35(45(41)57)29-51-39-7-1-2-8-40(39)52-30-36-6-4-10-42(46(36)58)66-28-26-64-24-22-62-20-18-60-16-14-50-44(56)34-68-48;/h3-6,9-12,29-30,39-40,51-54H,1-2,7-8,13-28,31-34H2,(H,49,55)(H,50,56);/b35-29-,36-30+;/t39-,40-;/m0./s1. The van der Waals surface area contributed by atoms with E-state index in [9.17, 15) is 29.4 Å². The molecular formula is C48H66N4NiO16. The number of rotatable bonds is 2. The largest absolute Gasteiger partial charge is 0.487 e. The Morgan fingerprint density at radius 2 is 0.855 bits per heavy atom. The molecule has 0 aromatic heterocycles. The fourth-order valence-electron chi connectivity index (χ4n) is 7.06. The van der Waals surface area contributed by atoms with Crippen LogP contribution in [0.1, 0.15) is 36.8 Å². The van der Waals surface area contributed by atoms with Crippen LogP contribution in [0.25, 0.3) is 0 Å². The minimum Gasteiger partial charge on any atom is -0.487 e. The van der Waals surface area contributed by atoms with Crippen LogP contribution in [0.15, 0.2) is 83.7 Å². The minimum absolute atomic E-state index is 0.